The molecule has 0 fully saturated rings. The second-order valence-corrected chi connectivity index (χ2v) is 9.61. The Morgan fingerprint density at radius 1 is 1.12 bits per heavy atom. The number of carbonyl (C=O) groups is 1. The minimum atomic E-state index is -2.49. The number of fused-ring (bicyclic) bond motifs is 1. The highest BCUT2D eigenvalue weighted by atomic mass is 32.2. The van der Waals surface area contributed by atoms with Gasteiger partial charge in [-0.15, -0.1) is 0 Å². The molecule has 1 aliphatic carbocycles. The van der Waals surface area contributed by atoms with Gasteiger partial charge in [-0.25, -0.2) is 4.79 Å². The summed E-state index contributed by atoms with van der Waals surface area (Å²) in [5, 5.41) is 8.97. The lowest BCUT2D eigenvalue weighted by molar-refractivity contribution is -0.139. The lowest BCUT2D eigenvalue weighted by atomic mass is 9.87. The van der Waals surface area contributed by atoms with E-state index in [1.165, 1.54) is 9.87 Å². The van der Waals surface area contributed by atoms with E-state index in [0.717, 1.165) is 28.7 Å². The number of carboxylic acids is 1. The van der Waals surface area contributed by atoms with Crippen molar-refractivity contribution in [2.75, 3.05) is 10.9 Å². The van der Waals surface area contributed by atoms with E-state index < -0.39 is 23.8 Å². The quantitative estimate of drug-likeness (QED) is 0.425. The third-order valence-corrected chi connectivity index (χ3v) is 7.02. The highest BCUT2D eigenvalue weighted by molar-refractivity contribution is 7.80. The number of anilines is 1. The Bertz CT molecular complexity index is 1190. The van der Waals surface area contributed by atoms with Crippen LogP contribution < -0.4 is 9.04 Å². The van der Waals surface area contributed by atoms with Gasteiger partial charge in [0.2, 0.25) is 0 Å². The fraction of sp³-hybridized carbons (Fsp3) is 0.296. The van der Waals surface area contributed by atoms with Crippen molar-refractivity contribution in [3.05, 3.63) is 83.4 Å². The van der Waals surface area contributed by atoms with Crippen LogP contribution >= 0.6 is 0 Å². The van der Waals surface area contributed by atoms with Crippen LogP contribution in [0, 0.1) is 0 Å². The second kappa shape index (κ2) is 10.4. The van der Waals surface area contributed by atoms with E-state index in [2.05, 4.69) is 32.0 Å². The van der Waals surface area contributed by atoms with Crippen LogP contribution in [0.15, 0.2) is 66.7 Å². The van der Waals surface area contributed by atoms with E-state index in [0.29, 0.717) is 30.2 Å². The van der Waals surface area contributed by atoms with Crippen LogP contribution in [-0.2, 0) is 22.5 Å². The standard InChI is InChI=1S/C27H29NO5S/c1-18(2)20-6-3-7-21(16-20)19-12-14-22(15-13-19)28(34(31)32)25-10-4-9-24-23(25)8-5-11-26(24)33-17-27(29)30/h3,5-8,11-16,18,25H,4,9-10,17H2,1-2H3,(H,29,30)(H,31,32)/p-1. The third-order valence-electron chi connectivity index (χ3n) is 6.24. The smallest absolute Gasteiger partial charge is 0.341 e. The highest BCUT2D eigenvalue weighted by Gasteiger charge is 2.29. The zero-order chi connectivity index (χ0) is 24.2. The highest BCUT2D eigenvalue weighted by Crippen LogP contribution is 2.41. The SMILES string of the molecule is CC(C)c1cccc(-c2ccc(N(C3CCCc4c(OCC(=O)O)cccc43)S(=O)[O-])cc2)c1. The van der Waals surface area contributed by atoms with Crippen LogP contribution in [0.2, 0.25) is 0 Å². The second-order valence-electron chi connectivity index (χ2n) is 8.78. The predicted molar refractivity (Wildman–Crippen MR) is 133 cm³/mol. The molecule has 4 rings (SSSR count). The molecule has 0 aliphatic heterocycles. The number of benzene rings is 3. The molecule has 7 heteroatoms. The number of carboxylic acid groups (broad SMARTS) is 1. The normalized spacial score (nSPS) is 16.1. The lowest BCUT2D eigenvalue weighted by Crippen LogP contribution is -2.33. The molecular weight excluding hydrogens is 450 g/mol. The molecule has 2 unspecified atom stereocenters. The fourth-order valence-electron chi connectivity index (χ4n) is 4.56. The third kappa shape index (κ3) is 5.16. The first kappa shape index (κ1) is 24.0. The summed E-state index contributed by atoms with van der Waals surface area (Å²) in [5.41, 5.74) is 5.69. The summed E-state index contributed by atoms with van der Waals surface area (Å²) in [5.74, 6) is -0.124. The molecule has 0 saturated heterocycles. The van der Waals surface area contributed by atoms with Crippen molar-refractivity contribution in [1.82, 2.24) is 0 Å². The maximum Gasteiger partial charge on any atom is 0.341 e. The molecule has 0 heterocycles. The van der Waals surface area contributed by atoms with Gasteiger partial charge in [0.05, 0.1) is 6.04 Å². The van der Waals surface area contributed by atoms with Crippen molar-refractivity contribution in [1.29, 1.82) is 0 Å². The average molecular weight is 479 g/mol. The van der Waals surface area contributed by atoms with E-state index in [9.17, 15) is 13.6 Å². The molecule has 34 heavy (non-hydrogen) atoms. The van der Waals surface area contributed by atoms with Gasteiger partial charge in [-0.2, -0.15) is 0 Å². The number of hydrogen-bond acceptors (Lipinski definition) is 4. The monoisotopic (exact) mass is 478 g/mol. The molecule has 3 aromatic carbocycles. The summed E-state index contributed by atoms with van der Waals surface area (Å²) in [6.45, 7) is 3.88. The molecule has 178 valence electrons. The first-order valence-electron chi connectivity index (χ1n) is 11.4. The molecule has 6 nitrogen and oxygen atoms in total. The summed E-state index contributed by atoms with van der Waals surface area (Å²) in [6.07, 6.45) is 2.16. The van der Waals surface area contributed by atoms with E-state index in [4.69, 9.17) is 9.84 Å². The molecule has 2 atom stereocenters. The zero-order valence-corrected chi connectivity index (χ0v) is 20.1. The van der Waals surface area contributed by atoms with E-state index in [1.807, 2.05) is 36.4 Å². The molecular formula is C27H28NO5S-. The van der Waals surface area contributed by atoms with Crippen LogP contribution in [-0.4, -0.2) is 26.4 Å². The Labute approximate surface area is 202 Å². The zero-order valence-electron chi connectivity index (χ0n) is 19.3. The van der Waals surface area contributed by atoms with Crippen molar-refractivity contribution >= 4 is 22.9 Å². The van der Waals surface area contributed by atoms with Gasteiger partial charge in [-0.1, -0.05) is 62.4 Å². The average Bonchev–Trinajstić information content (AvgIpc) is 2.83. The van der Waals surface area contributed by atoms with Gasteiger partial charge >= 0.3 is 5.97 Å². The predicted octanol–water partition coefficient (Wildman–Crippen LogP) is 5.62. The van der Waals surface area contributed by atoms with Crippen molar-refractivity contribution in [2.45, 2.75) is 45.1 Å². The van der Waals surface area contributed by atoms with Crippen LogP contribution in [0.25, 0.3) is 11.1 Å². The topological polar surface area (TPSA) is 89.9 Å². The molecule has 0 bridgehead atoms. The summed E-state index contributed by atoms with van der Waals surface area (Å²) in [7, 11) is 0. The Morgan fingerprint density at radius 2 is 1.85 bits per heavy atom. The minimum Gasteiger partial charge on any atom is -0.755 e. The summed E-state index contributed by atoms with van der Waals surface area (Å²) < 4.78 is 31.7. The molecule has 0 saturated carbocycles. The number of rotatable bonds is 8. The van der Waals surface area contributed by atoms with Crippen molar-refractivity contribution in [2.24, 2.45) is 0 Å². The van der Waals surface area contributed by atoms with Crippen molar-refractivity contribution < 1.29 is 23.4 Å². The van der Waals surface area contributed by atoms with Crippen LogP contribution in [0.5, 0.6) is 5.75 Å². The molecule has 1 N–H and O–H groups in total. The van der Waals surface area contributed by atoms with Gasteiger partial charge < -0.3 is 14.4 Å². The van der Waals surface area contributed by atoms with Crippen LogP contribution in [0.3, 0.4) is 0 Å². The van der Waals surface area contributed by atoms with Gasteiger partial charge in [0.25, 0.3) is 0 Å². The largest absolute Gasteiger partial charge is 0.755 e. The number of hydrogen-bond donors (Lipinski definition) is 1. The van der Waals surface area contributed by atoms with E-state index in [-0.39, 0.29) is 6.04 Å². The first-order valence-corrected chi connectivity index (χ1v) is 12.4. The van der Waals surface area contributed by atoms with Crippen molar-refractivity contribution in [3.8, 4) is 16.9 Å². The molecule has 1 aliphatic rings. The Kier molecular flexibility index (Phi) is 7.34. The Balaban J connectivity index is 1.65. The Morgan fingerprint density at radius 3 is 2.53 bits per heavy atom. The summed E-state index contributed by atoms with van der Waals surface area (Å²) >= 11 is -2.49. The fourth-order valence-corrected chi connectivity index (χ4v) is 5.28. The molecule has 0 radical (unpaired) electrons. The van der Waals surface area contributed by atoms with Gasteiger partial charge in [0.1, 0.15) is 5.75 Å². The van der Waals surface area contributed by atoms with Crippen LogP contribution in [0.1, 0.15) is 55.3 Å². The molecule has 0 amide bonds. The molecule has 3 aromatic rings. The first-order chi connectivity index (χ1) is 16.3. The van der Waals surface area contributed by atoms with Gasteiger partial charge in [0, 0.05) is 17.0 Å². The molecule has 0 aromatic heterocycles. The van der Waals surface area contributed by atoms with Gasteiger partial charge in [-0.05, 0) is 71.2 Å². The summed E-state index contributed by atoms with van der Waals surface area (Å²) in [6, 6.07) is 21.0. The van der Waals surface area contributed by atoms with Gasteiger partial charge in [-0.3, -0.25) is 8.51 Å². The molecule has 0 spiro atoms. The Hall–Kier alpha value is -3.16. The maximum absolute atomic E-state index is 12.4. The van der Waals surface area contributed by atoms with E-state index in [1.54, 1.807) is 12.1 Å². The lowest BCUT2D eigenvalue weighted by Gasteiger charge is -2.38. The van der Waals surface area contributed by atoms with E-state index >= 15 is 0 Å². The number of ether oxygens (including phenoxy) is 1. The summed E-state index contributed by atoms with van der Waals surface area (Å²) in [4.78, 5) is 11.0. The van der Waals surface area contributed by atoms with Gasteiger partial charge in [0.15, 0.2) is 6.61 Å². The number of aliphatic carboxylic acids is 1. The number of nitrogens with zero attached hydrogens (tertiary/aromatic N) is 1. The van der Waals surface area contributed by atoms with Crippen LogP contribution in [0.4, 0.5) is 5.69 Å². The van der Waals surface area contributed by atoms with Crippen molar-refractivity contribution in [3.63, 3.8) is 0 Å². The minimum absolute atomic E-state index is 0.384. The maximum atomic E-state index is 12.4.